The zero-order valence-electron chi connectivity index (χ0n) is 14.4. The van der Waals surface area contributed by atoms with Crippen molar-refractivity contribution in [3.63, 3.8) is 0 Å². The highest BCUT2D eigenvalue weighted by Crippen LogP contribution is 2.38. The molecule has 9 heteroatoms. The molecule has 5 nitrogen and oxygen atoms in total. The maximum Gasteiger partial charge on any atom is 0.416 e. The molecule has 0 unspecified atom stereocenters. The first-order valence-electron chi connectivity index (χ1n) is 8.57. The molecule has 1 aromatic carbocycles. The first kappa shape index (κ1) is 19.2. The van der Waals surface area contributed by atoms with Gasteiger partial charge in [0.25, 0.3) is 0 Å². The van der Waals surface area contributed by atoms with Crippen LogP contribution in [0.4, 0.5) is 13.2 Å². The fraction of sp³-hybridized carbons (Fsp3) is 0.588. The van der Waals surface area contributed by atoms with Gasteiger partial charge in [-0.25, -0.2) is 8.42 Å². The minimum absolute atomic E-state index is 0.0536. The van der Waals surface area contributed by atoms with Crippen LogP contribution in [-0.2, 0) is 21.0 Å². The summed E-state index contributed by atoms with van der Waals surface area (Å²) in [5.41, 5.74) is -0.972. The summed E-state index contributed by atoms with van der Waals surface area (Å²) in [6, 6.07) is 3.45. The molecule has 1 aliphatic heterocycles. The van der Waals surface area contributed by atoms with E-state index in [2.05, 4.69) is 0 Å². The molecule has 1 aliphatic carbocycles. The molecular formula is C17H21F3N2O3S. The number of sulfonamides is 1. The van der Waals surface area contributed by atoms with E-state index in [0.717, 1.165) is 12.1 Å². The van der Waals surface area contributed by atoms with Gasteiger partial charge in [-0.1, -0.05) is 6.07 Å². The van der Waals surface area contributed by atoms with Crippen LogP contribution in [0.25, 0.3) is 0 Å². The minimum atomic E-state index is -4.59. The van der Waals surface area contributed by atoms with Crippen molar-refractivity contribution >= 4 is 15.9 Å². The maximum atomic E-state index is 13.1. The first-order valence-corrected chi connectivity index (χ1v) is 10.0. The molecule has 1 saturated heterocycles. The molecular weight excluding hydrogens is 369 g/mol. The molecule has 1 aromatic rings. The van der Waals surface area contributed by atoms with Crippen LogP contribution < -0.4 is 0 Å². The van der Waals surface area contributed by atoms with Gasteiger partial charge in [-0.3, -0.25) is 4.79 Å². The summed E-state index contributed by atoms with van der Waals surface area (Å²) in [6.45, 7) is 2.39. The molecule has 0 atom stereocenters. The van der Waals surface area contributed by atoms with Crippen LogP contribution in [-0.4, -0.2) is 48.7 Å². The van der Waals surface area contributed by atoms with Crippen molar-refractivity contribution in [1.82, 2.24) is 9.21 Å². The fourth-order valence-corrected chi connectivity index (χ4v) is 5.39. The molecule has 0 aromatic heterocycles. The van der Waals surface area contributed by atoms with Crippen molar-refractivity contribution in [2.45, 2.75) is 55.8 Å². The van der Waals surface area contributed by atoms with E-state index in [4.69, 9.17) is 0 Å². The van der Waals surface area contributed by atoms with Gasteiger partial charge in [0.15, 0.2) is 0 Å². The molecule has 2 fully saturated rings. The Morgan fingerprint density at radius 2 is 1.69 bits per heavy atom. The molecule has 0 radical (unpaired) electrons. The van der Waals surface area contributed by atoms with Gasteiger partial charge >= 0.3 is 6.18 Å². The number of nitrogens with zero attached hydrogens (tertiary/aromatic N) is 2. The Hall–Kier alpha value is -1.61. The third-order valence-electron chi connectivity index (χ3n) is 4.91. The summed E-state index contributed by atoms with van der Waals surface area (Å²) >= 11 is 0. The molecule has 1 amide bonds. The Bertz CT molecular complexity index is 783. The average molecular weight is 390 g/mol. The van der Waals surface area contributed by atoms with Gasteiger partial charge in [-0.15, -0.1) is 0 Å². The smallest absolute Gasteiger partial charge is 0.343 e. The van der Waals surface area contributed by atoms with Gasteiger partial charge in [0, 0.05) is 32.1 Å². The Kier molecular flexibility index (Phi) is 5.04. The van der Waals surface area contributed by atoms with E-state index < -0.39 is 21.8 Å². The average Bonchev–Trinajstić information content (AvgIpc) is 3.39. The van der Waals surface area contributed by atoms with E-state index in [1.807, 2.05) is 0 Å². The topological polar surface area (TPSA) is 57.7 Å². The van der Waals surface area contributed by atoms with Crippen molar-refractivity contribution < 1.29 is 26.4 Å². The molecule has 144 valence electrons. The second-order valence-corrected chi connectivity index (χ2v) is 8.67. The molecule has 2 aliphatic rings. The Labute approximate surface area is 150 Å². The van der Waals surface area contributed by atoms with Crippen LogP contribution in [0.2, 0.25) is 0 Å². The lowest BCUT2D eigenvalue weighted by Gasteiger charge is -2.37. The molecule has 26 heavy (non-hydrogen) atoms. The number of halogens is 3. The molecule has 0 bridgehead atoms. The number of carbonyl (C=O) groups is 1. The van der Waals surface area contributed by atoms with E-state index in [9.17, 15) is 26.4 Å². The quantitative estimate of drug-likeness (QED) is 0.794. The van der Waals surface area contributed by atoms with E-state index >= 15 is 0 Å². The van der Waals surface area contributed by atoms with Crippen molar-refractivity contribution in [2.75, 3.05) is 13.1 Å². The van der Waals surface area contributed by atoms with Crippen molar-refractivity contribution in [2.24, 2.45) is 0 Å². The number of hydrogen-bond donors (Lipinski definition) is 0. The summed E-state index contributed by atoms with van der Waals surface area (Å²) < 4.78 is 66.4. The number of amides is 1. The summed E-state index contributed by atoms with van der Waals surface area (Å²) in [4.78, 5) is 12.8. The molecule has 1 heterocycles. The Morgan fingerprint density at radius 3 is 2.19 bits per heavy atom. The van der Waals surface area contributed by atoms with Crippen LogP contribution in [0, 0.1) is 0 Å². The summed E-state index contributed by atoms with van der Waals surface area (Å²) in [7, 11) is -4.03. The Morgan fingerprint density at radius 1 is 1.12 bits per heavy atom. The highest BCUT2D eigenvalue weighted by molar-refractivity contribution is 7.89. The van der Waals surface area contributed by atoms with Crippen molar-refractivity contribution in [3.8, 4) is 0 Å². The number of rotatable bonds is 4. The van der Waals surface area contributed by atoms with Gasteiger partial charge in [0.2, 0.25) is 15.9 Å². The molecule has 3 rings (SSSR count). The summed E-state index contributed by atoms with van der Waals surface area (Å²) in [5, 5.41) is 0. The van der Waals surface area contributed by atoms with Gasteiger partial charge in [0.05, 0.1) is 10.5 Å². The van der Waals surface area contributed by atoms with Crippen LogP contribution in [0.15, 0.2) is 29.2 Å². The zero-order chi connectivity index (χ0) is 19.1. The highest BCUT2D eigenvalue weighted by Gasteiger charge is 2.44. The van der Waals surface area contributed by atoms with E-state index in [1.165, 1.54) is 17.3 Å². The predicted octanol–water partition coefficient (Wildman–Crippen LogP) is 2.87. The van der Waals surface area contributed by atoms with Crippen LogP contribution in [0.5, 0.6) is 0 Å². The minimum Gasteiger partial charge on any atom is -0.343 e. The Balaban J connectivity index is 1.87. The van der Waals surface area contributed by atoms with Crippen LogP contribution >= 0.6 is 0 Å². The number of likely N-dealkylation sites (tertiary alicyclic amines) is 1. The summed E-state index contributed by atoms with van der Waals surface area (Å²) in [6.07, 6.45) is -2.18. The third kappa shape index (κ3) is 3.88. The molecule has 0 N–H and O–H groups in total. The van der Waals surface area contributed by atoms with E-state index in [0.29, 0.717) is 44.8 Å². The van der Waals surface area contributed by atoms with Gasteiger partial charge in [-0.05, 0) is 43.9 Å². The number of piperidine rings is 1. The SMILES string of the molecule is CC(=O)N1CCC(N(C2CC2)S(=O)(=O)c2cccc(C(F)(F)F)c2)CC1. The van der Waals surface area contributed by atoms with Crippen molar-refractivity contribution in [1.29, 1.82) is 0 Å². The highest BCUT2D eigenvalue weighted by atomic mass is 32.2. The number of benzene rings is 1. The number of hydrogen-bond acceptors (Lipinski definition) is 3. The molecule has 0 spiro atoms. The monoisotopic (exact) mass is 390 g/mol. The second-order valence-electron chi connectivity index (χ2n) is 6.83. The lowest BCUT2D eigenvalue weighted by Crippen LogP contribution is -2.49. The largest absolute Gasteiger partial charge is 0.416 e. The van der Waals surface area contributed by atoms with E-state index in [1.54, 1.807) is 4.90 Å². The first-order chi connectivity index (χ1) is 12.1. The van der Waals surface area contributed by atoms with E-state index in [-0.39, 0.29) is 22.9 Å². The third-order valence-corrected chi connectivity index (χ3v) is 6.91. The zero-order valence-corrected chi connectivity index (χ0v) is 15.2. The standard InChI is InChI=1S/C17H21F3N2O3S/c1-12(23)21-9-7-15(8-10-21)22(14-5-6-14)26(24,25)16-4-2-3-13(11-16)17(18,19)20/h2-4,11,14-15H,5-10H2,1H3. The lowest BCUT2D eigenvalue weighted by atomic mass is 10.0. The van der Waals surface area contributed by atoms with Crippen LogP contribution in [0.3, 0.4) is 0 Å². The van der Waals surface area contributed by atoms with Crippen molar-refractivity contribution in [3.05, 3.63) is 29.8 Å². The normalized spacial score (nSPS) is 19.8. The maximum absolute atomic E-state index is 13.1. The number of alkyl halides is 3. The summed E-state index contributed by atoms with van der Waals surface area (Å²) in [5.74, 6) is -0.0536. The lowest BCUT2D eigenvalue weighted by molar-refractivity contribution is -0.137. The van der Waals surface area contributed by atoms with Gasteiger partial charge in [-0.2, -0.15) is 17.5 Å². The second kappa shape index (κ2) is 6.84. The number of carbonyl (C=O) groups excluding carboxylic acids is 1. The van der Waals surface area contributed by atoms with Crippen LogP contribution in [0.1, 0.15) is 38.2 Å². The molecule has 1 saturated carbocycles. The van der Waals surface area contributed by atoms with Gasteiger partial charge < -0.3 is 4.90 Å². The fourth-order valence-electron chi connectivity index (χ4n) is 3.41. The van der Waals surface area contributed by atoms with Gasteiger partial charge in [0.1, 0.15) is 0 Å². The predicted molar refractivity (Wildman–Crippen MR) is 88.8 cm³/mol.